The van der Waals surface area contributed by atoms with E-state index in [2.05, 4.69) is 10.2 Å². The van der Waals surface area contributed by atoms with Crippen molar-refractivity contribution >= 4 is 35.6 Å². The van der Waals surface area contributed by atoms with Gasteiger partial charge in [-0.2, -0.15) is 0 Å². The first-order valence-electron chi connectivity index (χ1n) is 7.26. The smallest absolute Gasteiger partial charge is 0.148 e. The van der Waals surface area contributed by atoms with Gasteiger partial charge in [-0.05, 0) is 30.9 Å². The molecule has 1 aromatic rings. The number of rotatable bonds is 3. The van der Waals surface area contributed by atoms with Crippen molar-refractivity contribution in [2.75, 3.05) is 26.2 Å². The van der Waals surface area contributed by atoms with Crippen molar-refractivity contribution in [3.8, 4) is 0 Å². The zero-order valence-electron chi connectivity index (χ0n) is 11.7. The van der Waals surface area contributed by atoms with Gasteiger partial charge in [-0.1, -0.05) is 29.6 Å². The third-order valence-electron chi connectivity index (χ3n) is 4.52. The number of hydrogen-bond acceptors (Lipinski definition) is 2. The van der Waals surface area contributed by atoms with Crippen LogP contribution in [0.3, 0.4) is 0 Å². The summed E-state index contributed by atoms with van der Waals surface area (Å²) in [5.74, 6) is 0.160. The van der Waals surface area contributed by atoms with E-state index in [1.54, 1.807) is 6.07 Å². The highest BCUT2D eigenvalue weighted by molar-refractivity contribution is 6.33. The minimum absolute atomic E-state index is 0. The second-order valence-electron chi connectivity index (χ2n) is 5.68. The van der Waals surface area contributed by atoms with E-state index in [1.807, 2.05) is 0 Å². The molecule has 1 aromatic carbocycles. The predicted octanol–water partition coefficient (Wildman–Crippen LogP) is 4.30. The molecule has 0 bridgehead atoms. The SMILES string of the molecule is Cl.Fc1c(Cl)ccc(Cl)c1[C@@H](C1CCC1)N1CCNCC1. The summed E-state index contributed by atoms with van der Waals surface area (Å²) >= 11 is 12.3. The number of hydrogen-bond donors (Lipinski definition) is 1. The van der Waals surface area contributed by atoms with E-state index in [9.17, 15) is 4.39 Å². The molecule has 0 amide bonds. The van der Waals surface area contributed by atoms with Crippen LogP contribution in [0.2, 0.25) is 10.0 Å². The Morgan fingerprint density at radius 2 is 1.76 bits per heavy atom. The molecule has 1 heterocycles. The zero-order valence-corrected chi connectivity index (χ0v) is 14.1. The van der Waals surface area contributed by atoms with Gasteiger partial charge in [-0.25, -0.2) is 4.39 Å². The lowest BCUT2D eigenvalue weighted by Crippen LogP contribution is -2.48. The topological polar surface area (TPSA) is 15.3 Å². The number of halogens is 4. The fourth-order valence-corrected chi connectivity index (χ4v) is 3.67. The second kappa shape index (κ2) is 7.47. The molecule has 1 atom stereocenters. The average Bonchev–Trinajstić information content (AvgIpc) is 2.41. The molecule has 0 spiro atoms. The lowest BCUT2D eigenvalue weighted by atomic mass is 9.76. The largest absolute Gasteiger partial charge is 0.314 e. The van der Waals surface area contributed by atoms with E-state index in [-0.39, 0.29) is 29.3 Å². The molecular weight excluding hydrogens is 334 g/mol. The first kappa shape index (κ1) is 17.3. The summed E-state index contributed by atoms with van der Waals surface area (Å²) in [4.78, 5) is 2.36. The van der Waals surface area contributed by atoms with Gasteiger partial charge in [0, 0.05) is 42.8 Å². The van der Waals surface area contributed by atoms with Gasteiger partial charge in [0.05, 0.1) is 5.02 Å². The Kier molecular flexibility index (Phi) is 6.15. The number of nitrogens with one attached hydrogen (secondary N) is 1. The lowest BCUT2D eigenvalue weighted by Gasteiger charge is -2.43. The molecule has 2 fully saturated rings. The van der Waals surface area contributed by atoms with Crippen LogP contribution >= 0.6 is 35.6 Å². The van der Waals surface area contributed by atoms with Crippen LogP contribution in [0, 0.1) is 11.7 Å². The molecule has 0 radical (unpaired) electrons. The van der Waals surface area contributed by atoms with Crippen LogP contribution < -0.4 is 5.32 Å². The minimum Gasteiger partial charge on any atom is -0.314 e. The molecule has 0 aromatic heterocycles. The van der Waals surface area contributed by atoms with E-state index < -0.39 is 0 Å². The summed E-state index contributed by atoms with van der Waals surface area (Å²) in [5.41, 5.74) is 0.603. The molecule has 3 rings (SSSR count). The van der Waals surface area contributed by atoms with E-state index in [1.165, 1.54) is 12.5 Å². The summed E-state index contributed by atoms with van der Waals surface area (Å²) in [6.45, 7) is 3.76. The second-order valence-corrected chi connectivity index (χ2v) is 6.49. The number of piperazine rings is 1. The summed E-state index contributed by atoms with van der Waals surface area (Å²) in [6.07, 6.45) is 3.53. The summed E-state index contributed by atoms with van der Waals surface area (Å²) in [7, 11) is 0. The Labute approximate surface area is 141 Å². The zero-order chi connectivity index (χ0) is 14.1. The van der Waals surface area contributed by atoms with Crippen LogP contribution in [0.1, 0.15) is 30.9 Å². The highest BCUT2D eigenvalue weighted by atomic mass is 35.5. The van der Waals surface area contributed by atoms with Gasteiger partial charge in [0.25, 0.3) is 0 Å². The van der Waals surface area contributed by atoms with Crippen molar-refractivity contribution in [1.29, 1.82) is 0 Å². The van der Waals surface area contributed by atoms with Gasteiger partial charge in [-0.3, -0.25) is 4.90 Å². The summed E-state index contributed by atoms with van der Waals surface area (Å²) in [6, 6.07) is 3.33. The van der Waals surface area contributed by atoms with Gasteiger partial charge in [0.15, 0.2) is 0 Å². The minimum atomic E-state index is -0.338. The lowest BCUT2D eigenvalue weighted by molar-refractivity contribution is 0.0813. The van der Waals surface area contributed by atoms with Gasteiger partial charge in [-0.15, -0.1) is 12.4 Å². The Morgan fingerprint density at radius 1 is 1.14 bits per heavy atom. The standard InChI is InChI=1S/C15H19Cl2FN2.ClH/c16-11-4-5-12(17)14(18)13(11)15(10-2-1-3-10)20-8-6-19-7-9-20;/h4-5,10,15,19H,1-3,6-9H2;1H/t15-;/m1./s1. The molecule has 21 heavy (non-hydrogen) atoms. The number of benzene rings is 1. The van der Waals surface area contributed by atoms with Crippen LogP contribution in [-0.4, -0.2) is 31.1 Å². The highest BCUT2D eigenvalue weighted by Crippen LogP contribution is 2.45. The van der Waals surface area contributed by atoms with Crippen LogP contribution in [0.15, 0.2) is 12.1 Å². The predicted molar refractivity (Wildman–Crippen MR) is 88.2 cm³/mol. The van der Waals surface area contributed by atoms with Crippen molar-refractivity contribution in [3.63, 3.8) is 0 Å². The Bertz CT molecular complexity index is 488. The first-order valence-corrected chi connectivity index (χ1v) is 8.02. The number of nitrogens with zero attached hydrogens (tertiary/aromatic N) is 1. The van der Waals surface area contributed by atoms with Crippen molar-refractivity contribution in [2.45, 2.75) is 25.3 Å². The van der Waals surface area contributed by atoms with Crippen molar-refractivity contribution < 1.29 is 4.39 Å². The van der Waals surface area contributed by atoms with Gasteiger partial charge in [0.2, 0.25) is 0 Å². The monoisotopic (exact) mass is 352 g/mol. The third-order valence-corrected chi connectivity index (χ3v) is 5.14. The Hall–Kier alpha value is -0.0600. The van der Waals surface area contributed by atoms with Gasteiger partial charge >= 0.3 is 0 Å². The molecule has 2 nitrogen and oxygen atoms in total. The van der Waals surface area contributed by atoms with E-state index >= 15 is 0 Å². The molecule has 6 heteroatoms. The van der Waals surface area contributed by atoms with Crippen molar-refractivity contribution in [3.05, 3.63) is 33.6 Å². The van der Waals surface area contributed by atoms with E-state index in [0.717, 1.165) is 39.0 Å². The highest BCUT2D eigenvalue weighted by Gasteiger charge is 2.36. The van der Waals surface area contributed by atoms with E-state index in [0.29, 0.717) is 16.5 Å². The maximum Gasteiger partial charge on any atom is 0.148 e. The Morgan fingerprint density at radius 3 is 2.33 bits per heavy atom. The summed E-state index contributed by atoms with van der Waals surface area (Å²) in [5, 5.41) is 4.01. The van der Waals surface area contributed by atoms with Crippen LogP contribution in [0.25, 0.3) is 0 Å². The van der Waals surface area contributed by atoms with Crippen molar-refractivity contribution in [2.24, 2.45) is 5.92 Å². The van der Waals surface area contributed by atoms with E-state index in [4.69, 9.17) is 23.2 Å². The van der Waals surface area contributed by atoms with Gasteiger partial charge < -0.3 is 5.32 Å². The maximum absolute atomic E-state index is 14.5. The first-order chi connectivity index (χ1) is 9.68. The van der Waals surface area contributed by atoms with Crippen LogP contribution in [0.5, 0.6) is 0 Å². The molecule has 0 unspecified atom stereocenters. The molecule has 1 N–H and O–H groups in total. The average molecular weight is 354 g/mol. The molecule has 2 aliphatic rings. The molecule has 1 aliphatic heterocycles. The van der Waals surface area contributed by atoms with Crippen LogP contribution in [0.4, 0.5) is 4.39 Å². The fraction of sp³-hybridized carbons (Fsp3) is 0.600. The van der Waals surface area contributed by atoms with Gasteiger partial charge in [0.1, 0.15) is 5.82 Å². The quantitative estimate of drug-likeness (QED) is 0.815. The molecule has 1 aliphatic carbocycles. The molecule has 1 saturated carbocycles. The normalized spacial score (nSPS) is 21.5. The fourth-order valence-electron chi connectivity index (χ4n) is 3.25. The molecule has 1 saturated heterocycles. The third kappa shape index (κ3) is 3.48. The van der Waals surface area contributed by atoms with Crippen molar-refractivity contribution in [1.82, 2.24) is 10.2 Å². The summed E-state index contributed by atoms with van der Waals surface area (Å²) < 4.78 is 14.5. The Balaban J connectivity index is 0.00000161. The van der Waals surface area contributed by atoms with Crippen LogP contribution in [-0.2, 0) is 0 Å². The maximum atomic E-state index is 14.5. The molecule has 118 valence electrons. The molecular formula is C15H20Cl3FN2.